The van der Waals surface area contributed by atoms with Gasteiger partial charge in [0.25, 0.3) is 0 Å². The van der Waals surface area contributed by atoms with Crippen LogP contribution in [-0.2, 0) is 6.42 Å². The van der Waals surface area contributed by atoms with Crippen molar-refractivity contribution in [2.24, 2.45) is 11.7 Å². The monoisotopic (exact) mass is 231 g/mol. The molecule has 14 heavy (non-hydrogen) atoms. The zero-order valence-electron chi connectivity index (χ0n) is 8.26. The van der Waals surface area contributed by atoms with Crippen molar-refractivity contribution in [2.75, 3.05) is 6.54 Å². The minimum Gasteiger partial charge on any atom is -0.330 e. The van der Waals surface area contributed by atoms with Crippen molar-refractivity contribution < 1.29 is 0 Å². The fourth-order valence-electron chi connectivity index (χ4n) is 1.41. The van der Waals surface area contributed by atoms with Crippen LogP contribution >= 0.6 is 23.2 Å². The van der Waals surface area contributed by atoms with Gasteiger partial charge in [0.05, 0.1) is 0 Å². The van der Waals surface area contributed by atoms with Crippen molar-refractivity contribution in [2.45, 2.75) is 19.8 Å². The minimum atomic E-state index is 0.465. The molecule has 0 aliphatic heterocycles. The maximum Gasteiger partial charge on any atom is 0.0452 e. The van der Waals surface area contributed by atoms with E-state index >= 15 is 0 Å². The quantitative estimate of drug-likeness (QED) is 0.844. The topological polar surface area (TPSA) is 26.0 Å². The van der Waals surface area contributed by atoms with Gasteiger partial charge in [-0.15, -0.1) is 0 Å². The van der Waals surface area contributed by atoms with Gasteiger partial charge in [-0.25, -0.2) is 0 Å². The molecule has 0 aromatic heterocycles. The minimum absolute atomic E-state index is 0.465. The van der Waals surface area contributed by atoms with Gasteiger partial charge in [0.15, 0.2) is 0 Å². The molecule has 1 atom stereocenters. The maximum absolute atomic E-state index is 6.06. The van der Waals surface area contributed by atoms with E-state index in [1.165, 1.54) is 0 Å². The molecule has 2 N–H and O–H groups in total. The Morgan fingerprint density at radius 3 is 2.29 bits per heavy atom. The second kappa shape index (κ2) is 5.59. The molecule has 1 nitrogen and oxygen atoms in total. The Kier molecular flexibility index (Phi) is 4.73. The Labute approximate surface area is 95.2 Å². The highest BCUT2D eigenvalue weighted by atomic mass is 35.5. The van der Waals surface area contributed by atoms with Crippen LogP contribution < -0.4 is 5.73 Å². The van der Waals surface area contributed by atoms with Crippen molar-refractivity contribution in [3.8, 4) is 0 Å². The van der Waals surface area contributed by atoms with Crippen molar-refractivity contribution in [1.82, 2.24) is 0 Å². The van der Waals surface area contributed by atoms with E-state index in [4.69, 9.17) is 28.9 Å². The van der Waals surface area contributed by atoms with Gasteiger partial charge in [-0.1, -0.05) is 42.6 Å². The molecule has 0 aliphatic carbocycles. The number of hydrogen-bond acceptors (Lipinski definition) is 1. The first-order valence-electron chi connectivity index (χ1n) is 4.82. The molecule has 0 radical (unpaired) electrons. The van der Waals surface area contributed by atoms with Gasteiger partial charge < -0.3 is 5.73 Å². The zero-order valence-corrected chi connectivity index (χ0v) is 9.78. The molecule has 0 saturated heterocycles. The molecule has 78 valence electrons. The first-order chi connectivity index (χ1) is 6.69. The number of benzene rings is 1. The molecular weight excluding hydrogens is 217 g/mol. The van der Waals surface area contributed by atoms with E-state index in [9.17, 15) is 0 Å². The van der Waals surface area contributed by atoms with E-state index in [1.807, 2.05) is 18.2 Å². The summed E-state index contributed by atoms with van der Waals surface area (Å²) in [5, 5.41) is 1.48. The third-order valence-corrected chi connectivity index (χ3v) is 3.17. The van der Waals surface area contributed by atoms with Gasteiger partial charge in [-0.2, -0.15) is 0 Å². The Bertz CT molecular complexity index is 275. The summed E-state index contributed by atoms with van der Waals surface area (Å²) in [5.41, 5.74) is 6.67. The number of hydrogen-bond donors (Lipinski definition) is 1. The molecule has 1 rings (SSSR count). The van der Waals surface area contributed by atoms with Crippen LogP contribution in [0.25, 0.3) is 0 Å². The van der Waals surface area contributed by atoms with Crippen LogP contribution in [-0.4, -0.2) is 6.54 Å². The molecular formula is C11H15Cl2N. The van der Waals surface area contributed by atoms with Gasteiger partial charge >= 0.3 is 0 Å². The van der Waals surface area contributed by atoms with E-state index in [1.54, 1.807) is 0 Å². The van der Waals surface area contributed by atoms with E-state index in [-0.39, 0.29) is 0 Å². The fourth-order valence-corrected chi connectivity index (χ4v) is 1.96. The predicted octanol–water partition coefficient (Wildman–Crippen LogP) is 3.52. The molecule has 0 aliphatic rings. The summed E-state index contributed by atoms with van der Waals surface area (Å²) in [4.78, 5) is 0. The summed E-state index contributed by atoms with van der Waals surface area (Å²) in [7, 11) is 0. The highest BCUT2D eigenvalue weighted by Gasteiger charge is 2.10. The Balaban J connectivity index is 2.84. The average molecular weight is 232 g/mol. The second-order valence-corrected chi connectivity index (χ2v) is 4.23. The lowest BCUT2D eigenvalue weighted by atomic mass is 9.97. The number of nitrogens with two attached hydrogens (primary N) is 1. The van der Waals surface area contributed by atoms with Gasteiger partial charge in [-0.05, 0) is 36.6 Å². The average Bonchev–Trinajstić information content (AvgIpc) is 2.18. The first kappa shape index (κ1) is 11.8. The zero-order chi connectivity index (χ0) is 10.6. The van der Waals surface area contributed by atoms with Crippen LogP contribution in [0.5, 0.6) is 0 Å². The molecule has 1 unspecified atom stereocenters. The van der Waals surface area contributed by atoms with Crippen LogP contribution in [0.1, 0.15) is 18.9 Å². The van der Waals surface area contributed by atoms with Crippen LogP contribution in [0.2, 0.25) is 10.0 Å². The summed E-state index contributed by atoms with van der Waals surface area (Å²) in [6.45, 7) is 2.81. The second-order valence-electron chi connectivity index (χ2n) is 3.41. The summed E-state index contributed by atoms with van der Waals surface area (Å²) in [6.07, 6.45) is 1.92. The van der Waals surface area contributed by atoms with Gasteiger partial charge in [0.2, 0.25) is 0 Å². The molecule has 1 aromatic carbocycles. The maximum atomic E-state index is 6.06. The predicted molar refractivity (Wildman–Crippen MR) is 63.0 cm³/mol. The van der Waals surface area contributed by atoms with Crippen molar-refractivity contribution in [1.29, 1.82) is 0 Å². The first-order valence-corrected chi connectivity index (χ1v) is 5.57. The van der Waals surface area contributed by atoms with Gasteiger partial charge in [0, 0.05) is 10.0 Å². The molecule has 0 spiro atoms. The van der Waals surface area contributed by atoms with Crippen molar-refractivity contribution >= 4 is 23.2 Å². The van der Waals surface area contributed by atoms with E-state index < -0.39 is 0 Å². The third-order valence-electron chi connectivity index (χ3n) is 2.47. The van der Waals surface area contributed by atoms with Crippen LogP contribution in [0.3, 0.4) is 0 Å². The SMILES string of the molecule is CCC(CN)Cc1c(Cl)cccc1Cl. The lowest BCUT2D eigenvalue weighted by Gasteiger charge is -2.14. The molecule has 0 amide bonds. The molecule has 0 fully saturated rings. The fraction of sp³-hybridized carbons (Fsp3) is 0.455. The largest absolute Gasteiger partial charge is 0.330 e. The standard InChI is InChI=1S/C11H15Cl2N/c1-2-8(7-14)6-9-10(12)4-3-5-11(9)13/h3-5,8H,2,6-7,14H2,1H3. The summed E-state index contributed by atoms with van der Waals surface area (Å²) < 4.78 is 0. The molecule has 0 saturated carbocycles. The molecule has 0 heterocycles. The van der Waals surface area contributed by atoms with E-state index in [0.29, 0.717) is 12.5 Å². The smallest absolute Gasteiger partial charge is 0.0452 e. The molecule has 1 aromatic rings. The van der Waals surface area contributed by atoms with E-state index in [0.717, 1.165) is 28.5 Å². The Morgan fingerprint density at radius 1 is 1.29 bits per heavy atom. The third kappa shape index (κ3) is 2.88. The normalized spacial score (nSPS) is 12.9. The number of halogens is 2. The Hall–Kier alpha value is -0.240. The van der Waals surface area contributed by atoms with Gasteiger partial charge in [0.1, 0.15) is 0 Å². The highest BCUT2D eigenvalue weighted by Crippen LogP contribution is 2.27. The summed E-state index contributed by atoms with van der Waals surface area (Å²) in [6, 6.07) is 5.59. The van der Waals surface area contributed by atoms with Crippen molar-refractivity contribution in [3.63, 3.8) is 0 Å². The van der Waals surface area contributed by atoms with Crippen LogP contribution in [0.4, 0.5) is 0 Å². The summed E-state index contributed by atoms with van der Waals surface area (Å²) in [5.74, 6) is 0.465. The van der Waals surface area contributed by atoms with E-state index in [2.05, 4.69) is 6.92 Å². The van der Waals surface area contributed by atoms with Crippen LogP contribution in [0.15, 0.2) is 18.2 Å². The van der Waals surface area contributed by atoms with Gasteiger partial charge in [-0.3, -0.25) is 0 Å². The number of rotatable bonds is 4. The highest BCUT2D eigenvalue weighted by molar-refractivity contribution is 6.35. The van der Waals surface area contributed by atoms with Crippen molar-refractivity contribution in [3.05, 3.63) is 33.8 Å². The van der Waals surface area contributed by atoms with Crippen LogP contribution in [0, 0.1) is 5.92 Å². The lowest BCUT2D eigenvalue weighted by Crippen LogP contribution is -2.16. The molecule has 0 bridgehead atoms. The Morgan fingerprint density at radius 2 is 1.86 bits per heavy atom. The molecule has 3 heteroatoms. The lowest BCUT2D eigenvalue weighted by molar-refractivity contribution is 0.519. The summed E-state index contributed by atoms with van der Waals surface area (Å²) >= 11 is 12.1.